The molecule has 246 valence electrons. The molecule has 0 saturated carbocycles. The number of aromatic nitrogens is 1. The van der Waals surface area contributed by atoms with E-state index in [2.05, 4.69) is 11.6 Å². The number of benzene rings is 3. The fourth-order valence-corrected chi connectivity index (χ4v) is 6.62. The molecule has 2 atom stereocenters. The van der Waals surface area contributed by atoms with Crippen LogP contribution < -0.4 is 4.74 Å². The molecular formula is C38H39N5O5. The van der Waals surface area contributed by atoms with E-state index in [0.29, 0.717) is 24.4 Å². The first kappa shape index (κ1) is 32.5. The number of phenolic OH excluding ortho intramolecular Hbond substituents is 1. The van der Waals surface area contributed by atoms with E-state index >= 15 is 0 Å². The Morgan fingerprint density at radius 3 is 2.48 bits per heavy atom. The number of amides is 3. The Morgan fingerprint density at radius 1 is 0.979 bits per heavy atom. The molecule has 2 saturated heterocycles. The van der Waals surface area contributed by atoms with Gasteiger partial charge in [-0.25, -0.2) is 10.0 Å². The average Bonchev–Trinajstić information content (AvgIpc) is 3.10. The van der Waals surface area contributed by atoms with Crippen molar-refractivity contribution in [1.29, 1.82) is 0 Å². The number of fused-ring (bicyclic) bond motifs is 1. The van der Waals surface area contributed by atoms with Gasteiger partial charge in [-0.2, -0.15) is 0 Å². The van der Waals surface area contributed by atoms with E-state index in [4.69, 9.17) is 4.74 Å². The molecule has 2 aliphatic rings. The standard InChI is InChI=1S/C38H39N5O5/c1-3-22-41-26-36(46)42-32(23-28-15-18-30(44)19-16-28)38(47)40(25-34(42)43(41)35(45)20-17-27-10-5-4-6-11-27)24-29-12-9-21-39-37(29)31-13-7-8-14-33(31)48-2/h3-16,18-19,21,32,34,44H,1,17,20,22-26H2,2H3/t32-,34-/m0/s1. The molecule has 0 bridgehead atoms. The van der Waals surface area contributed by atoms with E-state index in [9.17, 15) is 19.5 Å². The normalized spacial score (nSPS) is 18.1. The van der Waals surface area contributed by atoms with Crippen LogP contribution >= 0.6 is 0 Å². The predicted octanol–water partition coefficient (Wildman–Crippen LogP) is 4.45. The van der Waals surface area contributed by atoms with Crippen molar-refractivity contribution in [3.05, 3.63) is 127 Å². The van der Waals surface area contributed by atoms with Crippen molar-refractivity contribution in [1.82, 2.24) is 24.8 Å². The van der Waals surface area contributed by atoms with Crippen molar-refractivity contribution >= 4 is 17.7 Å². The summed E-state index contributed by atoms with van der Waals surface area (Å²) in [6.45, 7) is 4.44. The van der Waals surface area contributed by atoms with E-state index in [1.165, 1.54) is 0 Å². The van der Waals surface area contributed by atoms with Crippen LogP contribution in [0.1, 0.15) is 23.1 Å². The van der Waals surface area contributed by atoms with Crippen LogP contribution in [0.2, 0.25) is 0 Å². The number of phenols is 1. The van der Waals surface area contributed by atoms with Gasteiger partial charge in [-0.15, -0.1) is 6.58 Å². The number of aryl methyl sites for hydroxylation is 1. The maximum absolute atomic E-state index is 14.5. The molecule has 10 heteroatoms. The number of nitrogens with zero attached hydrogens (tertiary/aromatic N) is 5. The van der Waals surface area contributed by atoms with Crippen LogP contribution in [0.15, 0.2) is 110 Å². The van der Waals surface area contributed by atoms with Gasteiger partial charge >= 0.3 is 0 Å². The van der Waals surface area contributed by atoms with Gasteiger partial charge in [-0.05, 0) is 53.4 Å². The second-order valence-electron chi connectivity index (χ2n) is 12.0. The third-order valence-electron chi connectivity index (χ3n) is 8.88. The van der Waals surface area contributed by atoms with Crippen molar-refractivity contribution < 1.29 is 24.2 Å². The molecule has 3 heterocycles. The maximum Gasteiger partial charge on any atom is 0.246 e. The van der Waals surface area contributed by atoms with Crippen LogP contribution in [0.5, 0.6) is 11.5 Å². The van der Waals surface area contributed by atoms with Crippen molar-refractivity contribution in [3.63, 3.8) is 0 Å². The van der Waals surface area contributed by atoms with E-state index in [1.54, 1.807) is 63.5 Å². The van der Waals surface area contributed by atoms with Crippen LogP contribution in [0.25, 0.3) is 11.3 Å². The molecule has 10 nitrogen and oxygen atoms in total. The molecule has 2 aliphatic heterocycles. The number of pyridine rings is 1. The minimum atomic E-state index is -0.873. The second kappa shape index (κ2) is 14.5. The molecular weight excluding hydrogens is 606 g/mol. The highest BCUT2D eigenvalue weighted by atomic mass is 16.5. The predicted molar refractivity (Wildman–Crippen MR) is 181 cm³/mol. The summed E-state index contributed by atoms with van der Waals surface area (Å²) in [5.74, 6) is 0.167. The largest absolute Gasteiger partial charge is 0.508 e. The van der Waals surface area contributed by atoms with Gasteiger partial charge in [0, 0.05) is 37.7 Å². The van der Waals surface area contributed by atoms with Crippen LogP contribution in [-0.4, -0.2) is 86.6 Å². The summed E-state index contributed by atoms with van der Waals surface area (Å²) in [7, 11) is 1.61. The first-order valence-electron chi connectivity index (χ1n) is 16.0. The number of piperazine rings is 1. The molecule has 2 fully saturated rings. The summed E-state index contributed by atoms with van der Waals surface area (Å²) in [4.78, 5) is 50.5. The van der Waals surface area contributed by atoms with Crippen molar-refractivity contribution in [2.75, 3.05) is 26.7 Å². The maximum atomic E-state index is 14.5. The zero-order valence-corrected chi connectivity index (χ0v) is 26.9. The highest BCUT2D eigenvalue weighted by Crippen LogP contribution is 2.34. The summed E-state index contributed by atoms with van der Waals surface area (Å²) in [5.41, 5.74) is 4.11. The first-order chi connectivity index (χ1) is 23.4. The summed E-state index contributed by atoms with van der Waals surface area (Å²) < 4.78 is 5.63. The first-order valence-corrected chi connectivity index (χ1v) is 16.0. The summed E-state index contributed by atoms with van der Waals surface area (Å²) >= 11 is 0. The monoisotopic (exact) mass is 645 g/mol. The van der Waals surface area contributed by atoms with E-state index in [0.717, 1.165) is 22.3 Å². The van der Waals surface area contributed by atoms with Gasteiger partial charge in [0.2, 0.25) is 17.7 Å². The van der Waals surface area contributed by atoms with Gasteiger partial charge in [-0.1, -0.05) is 66.7 Å². The Balaban J connectivity index is 1.38. The quantitative estimate of drug-likeness (QED) is 0.240. The molecule has 0 spiro atoms. The topological polar surface area (TPSA) is 107 Å². The molecule has 0 radical (unpaired) electrons. The van der Waals surface area contributed by atoms with Gasteiger partial charge < -0.3 is 19.6 Å². The molecule has 48 heavy (non-hydrogen) atoms. The van der Waals surface area contributed by atoms with Gasteiger partial charge in [-0.3, -0.25) is 19.4 Å². The van der Waals surface area contributed by atoms with Crippen LogP contribution in [0.3, 0.4) is 0 Å². The number of ether oxygens (including phenoxy) is 1. The van der Waals surface area contributed by atoms with E-state index in [-0.39, 0.29) is 55.9 Å². The highest BCUT2D eigenvalue weighted by Gasteiger charge is 2.51. The number of hydrogen-bond donors (Lipinski definition) is 1. The molecule has 6 rings (SSSR count). The van der Waals surface area contributed by atoms with Crippen molar-refractivity contribution in [2.24, 2.45) is 0 Å². The zero-order valence-electron chi connectivity index (χ0n) is 26.9. The lowest BCUT2D eigenvalue weighted by Gasteiger charge is -2.55. The Morgan fingerprint density at radius 2 is 1.73 bits per heavy atom. The SMILES string of the molecule is C=CCN1CC(=O)N2[C@@H](Cc3ccc(O)cc3)C(=O)N(Cc3cccnc3-c3ccccc3OC)C[C@@H]2N1C(=O)CCc1ccccc1. The third kappa shape index (κ3) is 6.79. The number of carbonyl (C=O) groups is 3. The lowest BCUT2D eigenvalue weighted by Crippen LogP contribution is -2.75. The number of hydrogen-bond acceptors (Lipinski definition) is 7. The summed E-state index contributed by atoms with van der Waals surface area (Å²) in [5, 5.41) is 13.3. The van der Waals surface area contributed by atoms with Crippen LogP contribution in [0.4, 0.5) is 0 Å². The Kier molecular flexibility index (Phi) is 9.82. The van der Waals surface area contributed by atoms with Crippen molar-refractivity contribution in [2.45, 2.75) is 38.0 Å². The molecule has 0 unspecified atom stereocenters. The summed E-state index contributed by atoms with van der Waals surface area (Å²) in [6.07, 6.45) is 3.63. The average molecular weight is 646 g/mol. The fraction of sp³-hybridized carbons (Fsp3) is 0.263. The molecule has 3 amide bonds. The number of methoxy groups -OCH3 is 1. The van der Waals surface area contributed by atoms with Gasteiger partial charge in [0.15, 0.2) is 0 Å². The number of aromatic hydroxyl groups is 1. The Hall–Kier alpha value is -5.48. The molecule has 1 aromatic heterocycles. The van der Waals surface area contributed by atoms with Gasteiger partial charge in [0.1, 0.15) is 23.7 Å². The number of hydrazine groups is 1. The lowest BCUT2D eigenvalue weighted by molar-refractivity contribution is -0.205. The van der Waals surface area contributed by atoms with Crippen molar-refractivity contribution in [3.8, 4) is 22.8 Å². The van der Waals surface area contributed by atoms with E-state index in [1.807, 2.05) is 66.7 Å². The van der Waals surface area contributed by atoms with E-state index < -0.39 is 12.2 Å². The Labute approximate surface area is 280 Å². The van der Waals surface area contributed by atoms with Crippen LogP contribution in [0, 0.1) is 0 Å². The third-order valence-corrected chi connectivity index (χ3v) is 8.88. The van der Waals surface area contributed by atoms with Gasteiger partial charge in [0.05, 0.1) is 25.9 Å². The minimum absolute atomic E-state index is 0.0560. The number of rotatable bonds is 11. The molecule has 4 aromatic rings. The molecule has 0 aliphatic carbocycles. The number of carbonyl (C=O) groups excluding carboxylic acids is 3. The molecule has 3 aromatic carbocycles. The fourth-order valence-electron chi connectivity index (χ4n) is 6.62. The lowest BCUT2D eigenvalue weighted by atomic mass is 9.97. The Bertz CT molecular complexity index is 1780. The highest BCUT2D eigenvalue weighted by molar-refractivity contribution is 5.92. The smallest absolute Gasteiger partial charge is 0.246 e. The second-order valence-corrected chi connectivity index (χ2v) is 12.0. The summed E-state index contributed by atoms with van der Waals surface area (Å²) in [6, 6.07) is 26.9. The van der Waals surface area contributed by atoms with Gasteiger partial charge in [0.25, 0.3) is 0 Å². The van der Waals surface area contributed by atoms with Crippen LogP contribution in [-0.2, 0) is 33.8 Å². The molecule has 1 N–H and O–H groups in total. The number of para-hydroxylation sites is 1. The minimum Gasteiger partial charge on any atom is -0.508 e. The zero-order chi connectivity index (χ0) is 33.6.